The molecule has 0 amide bonds. The monoisotopic (exact) mass is 232 g/mol. The van der Waals surface area contributed by atoms with Gasteiger partial charge in [-0.05, 0) is 28.8 Å². The molecule has 0 saturated carbocycles. The van der Waals surface area contributed by atoms with Gasteiger partial charge in [0.2, 0.25) is 0 Å². The molecule has 0 radical (unpaired) electrons. The van der Waals surface area contributed by atoms with Crippen molar-refractivity contribution in [1.82, 2.24) is 10.2 Å². The molecule has 2 aromatic carbocycles. The van der Waals surface area contributed by atoms with Crippen molar-refractivity contribution in [2.75, 3.05) is 0 Å². The Morgan fingerprint density at radius 2 is 1.28 bits per heavy atom. The van der Waals surface area contributed by atoms with Crippen molar-refractivity contribution in [2.24, 2.45) is 0 Å². The lowest BCUT2D eigenvalue weighted by atomic mass is 10.0. The van der Waals surface area contributed by atoms with Crippen LogP contribution in [0.25, 0.3) is 22.3 Å². The van der Waals surface area contributed by atoms with Crippen molar-refractivity contribution in [3.05, 3.63) is 73.1 Å². The predicted octanol–water partition coefficient (Wildman–Crippen LogP) is 3.81. The number of aromatic nitrogens is 2. The first-order valence-corrected chi connectivity index (χ1v) is 5.86. The van der Waals surface area contributed by atoms with Crippen molar-refractivity contribution in [3.8, 4) is 22.3 Å². The minimum absolute atomic E-state index is 1.09. The van der Waals surface area contributed by atoms with Crippen LogP contribution in [0, 0.1) is 0 Å². The zero-order valence-corrected chi connectivity index (χ0v) is 9.82. The van der Waals surface area contributed by atoms with Crippen LogP contribution in [0.1, 0.15) is 0 Å². The van der Waals surface area contributed by atoms with Crippen LogP contribution in [-0.2, 0) is 0 Å². The second-order valence-corrected chi connectivity index (χ2v) is 4.08. The van der Waals surface area contributed by atoms with E-state index >= 15 is 0 Å². The molecule has 0 bridgehead atoms. The first-order valence-electron chi connectivity index (χ1n) is 5.86. The normalized spacial score (nSPS) is 10.2. The summed E-state index contributed by atoms with van der Waals surface area (Å²) in [4.78, 5) is 0. The van der Waals surface area contributed by atoms with E-state index in [1.807, 2.05) is 12.1 Å². The van der Waals surface area contributed by atoms with Crippen molar-refractivity contribution in [3.63, 3.8) is 0 Å². The molecule has 0 aliphatic carbocycles. The third-order valence-corrected chi connectivity index (χ3v) is 2.89. The van der Waals surface area contributed by atoms with Crippen LogP contribution in [0.3, 0.4) is 0 Å². The standard InChI is InChI=1S/C16H12N2/c1-2-5-13(6-3-1)14-7-4-8-15(11-14)16-9-10-17-18-12-16/h1-12H. The van der Waals surface area contributed by atoms with Gasteiger partial charge in [-0.1, -0.05) is 48.5 Å². The summed E-state index contributed by atoms with van der Waals surface area (Å²) in [5.74, 6) is 0. The van der Waals surface area contributed by atoms with E-state index in [2.05, 4.69) is 58.7 Å². The molecule has 1 heterocycles. The van der Waals surface area contributed by atoms with E-state index in [1.165, 1.54) is 11.1 Å². The average molecular weight is 232 g/mol. The topological polar surface area (TPSA) is 25.8 Å². The third kappa shape index (κ3) is 2.13. The fraction of sp³-hybridized carbons (Fsp3) is 0. The Morgan fingerprint density at radius 1 is 0.556 bits per heavy atom. The summed E-state index contributed by atoms with van der Waals surface area (Å²) in [6.07, 6.45) is 3.49. The molecule has 0 atom stereocenters. The van der Waals surface area contributed by atoms with Crippen LogP contribution in [-0.4, -0.2) is 10.2 Å². The molecule has 1 aromatic heterocycles. The van der Waals surface area contributed by atoms with Gasteiger partial charge in [0.1, 0.15) is 0 Å². The van der Waals surface area contributed by atoms with Gasteiger partial charge in [-0.3, -0.25) is 0 Å². The quantitative estimate of drug-likeness (QED) is 0.671. The summed E-state index contributed by atoms with van der Waals surface area (Å²) in [5, 5.41) is 7.71. The van der Waals surface area contributed by atoms with Crippen LogP contribution in [0.15, 0.2) is 73.1 Å². The molecule has 0 saturated heterocycles. The van der Waals surface area contributed by atoms with Gasteiger partial charge in [0.25, 0.3) is 0 Å². The van der Waals surface area contributed by atoms with Crippen LogP contribution in [0.5, 0.6) is 0 Å². The maximum Gasteiger partial charge on any atom is 0.0574 e. The minimum Gasteiger partial charge on any atom is -0.159 e. The number of benzene rings is 2. The van der Waals surface area contributed by atoms with Crippen molar-refractivity contribution in [2.45, 2.75) is 0 Å². The molecule has 86 valence electrons. The second-order valence-electron chi connectivity index (χ2n) is 4.08. The Hall–Kier alpha value is -2.48. The van der Waals surface area contributed by atoms with E-state index in [1.54, 1.807) is 12.4 Å². The van der Waals surface area contributed by atoms with E-state index in [9.17, 15) is 0 Å². The zero-order valence-electron chi connectivity index (χ0n) is 9.82. The second kappa shape index (κ2) is 4.80. The SMILES string of the molecule is c1ccc(-c2cccc(-c3ccnnc3)c2)cc1. The predicted molar refractivity (Wildman–Crippen MR) is 72.9 cm³/mol. The molecule has 0 spiro atoms. The van der Waals surface area contributed by atoms with Gasteiger partial charge in [-0.15, -0.1) is 0 Å². The highest BCUT2D eigenvalue weighted by molar-refractivity contribution is 5.72. The molecule has 2 nitrogen and oxygen atoms in total. The van der Waals surface area contributed by atoms with Crippen molar-refractivity contribution >= 4 is 0 Å². The smallest absolute Gasteiger partial charge is 0.0574 e. The Balaban J connectivity index is 2.05. The van der Waals surface area contributed by atoms with E-state index in [0.29, 0.717) is 0 Å². The fourth-order valence-corrected chi connectivity index (χ4v) is 1.97. The maximum absolute atomic E-state index is 3.91. The summed E-state index contributed by atoms with van der Waals surface area (Å²) in [6.45, 7) is 0. The van der Waals surface area contributed by atoms with Gasteiger partial charge in [0.15, 0.2) is 0 Å². The van der Waals surface area contributed by atoms with E-state index in [0.717, 1.165) is 11.1 Å². The van der Waals surface area contributed by atoms with Gasteiger partial charge < -0.3 is 0 Å². The summed E-state index contributed by atoms with van der Waals surface area (Å²) in [6, 6.07) is 20.8. The highest BCUT2D eigenvalue weighted by Gasteiger charge is 2.00. The zero-order chi connectivity index (χ0) is 12.2. The maximum atomic E-state index is 3.91. The Kier molecular flexibility index (Phi) is 2.84. The molecule has 0 unspecified atom stereocenters. The number of rotatable bonds is 2. The lowest BCUT2D eigenvalue weighted by Crippen LogP contribution is -1.83. The molecule has 0 aliphatic rings. The largest absolute Gasteiger partial charge is 0.159 e. The van der Waals surface area contributed by atoms with E-state index in [-0.39, 0.29) is 0 Å². The van der Waals surface area contributed by atoms with Crippen LogP contribution in [0.4, 0.5) is 0 Å². The Labute approximate surface area is 106 Å². The molecule has 0 fully saturated rings. The molecular formula is C16H12N2. The minimum atomic E-state index is 1.09. The van der Waals surface area contributed by atoms with Gasteiger partial charge in [-0.2, -0.15) is 10.2 Å². The Bertz CT molecular complexity index is 579. The molecule has 3 aromatic rings. The van der Waals surface area contributed by atoms with Crippen LogP contribution < -0.4 is 0 Å². The van der Waals surface area contributed by atoms with Gasteiger partial charge in [0, 0.05) is 5.56 Å². The number of hydrogen-bond donors (Lipinski definition) is 0. The molecule has 18 heavy (non-hydrogen) atoms. The number of hydrogen-bond acceptors (Lipinski definition) is 2. The highest BCUT2D eigenvalue weighted by Crippen LogP contribution is 2.25. The van der Waals surface area contributed by atoms with Crippen molar-refractivity contribution in [1.29, 1.82) is 0 Å². The summed E-state index contributed by atoms with van der Waals surface area (Å²) >= 11 is 0. The summed E-state index contributed by atoms with van der Waals surface area (Å²) in [7, 11) is 0. The molecular weight excluding hydrogens is 220 g/mol. The fourth-order valence-electron chi connectivity index (χ4n) is 1.97. The van der Waals surface area contributed by atoms with Crippen LogP contribution in [0.2, 0.25) is 0 Å². The lowest BCUT2D eigenvalue weighted by Gasteiger charge is -2.05. The summed E-state index contributed by atoms with van der Waals surface area (Å²) in [5.41, 5.74) is 4.68. The van der Waals surface area contributed by atoms with Crippen molar-refractivity contribution < 1.29 is 0 Å². The first-order chi connectivity index (χ1) is 8.93. The van der Waals surface area contributed by atoms with Gasteiger partial charge >= 0.3 is 0 Å². The summed E-state index contributed by atoms with van der Waals surface area (Å²) < 4.78 is 0. The van der Waals surface area contributed by atoms with E-state index < -0.39 is 0 Å². The van der Waals surface area contributed by atoms with Gasteiger partial charge in [-0.25, -0.2) is 0 Å². The van der Waals surface area contributed by atoms with Gasteiger partial charge in [0.05, 0.1) is 12.4 Å². The highest BCUT2D eigenvalue weighted by atomic mass is 15.1. The molecule has 0 aliphatic heterocycles. The third-order valence-electron chi connectivity index (χ3n) is 2.89. The molecule has 3 rings (SSSR count). The first kappa shape index (κ1) is 10.7. The Morgan fingerprint density at radius 3 is 2.00 bits per heavy atom. The average Bonchev–Trinajstić information content (AvgIpc) is 2.49. The van der Waals surface area contributed by atoms with Crippen LogP contribution >= 0.6 is 0 Å². The molecule has 2 heteroatoms. The van der Waals surface area contributed by atoms with E-state index in [4.69, 9.17) is 0 Å². The lowest BCUT2D eigenvalue weighted by molar-refractivity contribution is 1.03. The molecule has 0 N–H and O–H groups in total. The number of nitrogens with zero attached hydrogens (tertiary/aromatic N) is 2.